The van der Waals surface area contributed by atoms with Crippen LogP contribution in [0.5, 0.6) is 0 Å². The molecule has 1 aliphatic heterocycles. The third kappa shape index (κ3) is 3.90. The van der Waals surface area contributed by atoms with Crippen molar-refractivity contribution < 1.29 is 4.79 Å². The number of likely N-dealkylation sites (tertiary alicyclic amines) is 1. The van der Waals surface area contributed by atoms with Gasteiger partial charge in [-0.15, -0.1) is 11.8 Å². The lowest BCUT2D eigenvalue weighted by atomic mass is 10.0. The number of carbonyl (C=O) groups is 1. The van der Waals surface area contributed by atoms with Gasteiger partial charge in [-0.2, -0.15) is 0 Å². The molecule has 0 saturated carbocycles. The van der Waals surface area contributed by atoms with Gasteiger partial charge in [0.1, 0.15) is 0 Å². The maximum atomic E-state index is 13.0. The van der Waals surface area contributed by atoms with Gasteiger partial charge in [0.05, 0.1) is 11.7 Å². The van der Waals surface area contributed by atoms with Gasteiger partial charge in [0.2, 0.25) is 0 Å². The van der Waals surface area contributed by atoms with E-state index in [0.717, 1.165) is 36.4 Å². The van der Waals surface area contributed by atoms with Crippen LogP contribution >= 0.6 is 11.8 Å². The number of pyridine rings is 1. The average Bonchev–Trinajstić information content (AvgIpc) is 2.89. The van der Waals surface area contributed by atoms with E-state index in [1.807, 2.05) is 47.6 Å². The third-order valence-electron chi connectivity index (χ3n) is 4.45. The molecule has 0 aliphatic carbocycles. The van der Waals surface area contributed by atoms with E-state index >= 15 is 0 Å². The first-order valence-corrected chi connectivity index (χ1v) is 9.62. The van der Waals surface area contributed by atoms with Crippen molar-refractivity contribution in [3.05, 3.63) is 54.4 Å². The van der Waals surface area contributed by atoms with Gasteiger partial charge < -0.3 is 10.2 Å². The quantitative estimate of drug-likeness (QED) is 0.803. The van der Waals surface area contributed by atoms with E-state index in [1.165, 1.54) is 12.0 Å². The highest BCUT2D eigenvalue weighted by Crippen LogP contribution is 2.31. The molecule has 4 nitrogen and oxygen atoms in total. The second-order valence-electron chi connectivity index (χ2n) is 5.97. The number of nitrogens with zero attached hydrogens (tertiary/aromatic N) is 2. The Morgan fingerprint density at radius 1 is 1.17 bits per heavy atom. The predicted molar refractivity (Wildman–Crippen MR) is 99.4 cm³/mol. The molecule has 2 amide bonds. The molecule has 5 heteroatoms. The van der Waals surface area contributed by atoms with Crippen LogP contribution in [0.25, 0.3) is 0 Å². The topological polar surface area (TPSA) is 45.2 Å². The normalized spacial score (nSPS) is 18.0. The molecule has 0 radical (unpaired) electrons. The van der Waals surface area contributed by atoms with Crippen molar-refractivity contribution in [2.45, 2.75) is 36.6 Å². The number of aromatic nitrogens is 1. The Kier molecular flexibility index (Phi) is 5.75. The number of rotatable bonds is 3. The van der Waals surface area contributed by atoms with E-state index in [9.17, 15) is 4.79 Å². The van der Waals surface area contributed by atoms with Gasteiger partial charge in [-0.05, 0) is 48.9 Å². The Bertz CT molecular complexity index is 677. The van der Waals surface area contributed by atoms with Gasteiger partial charge in [-0.25, -0.2) is 4.79 Å². The third-order valence-corrected chi connectivity index (χ3v) is 5.25. The lowest BCUT2D eigenvalue weighted by Gasteiger charge is -2.30. The van der Waals surface area contributed by atoms with Crippen molar-refractivity contribution in [3.63, 3.8) is 0 Å². The zero-order valence-electron chi connectivity index (χ0n) is 13.9. The van der Waals surface area contributed by atoms with Crippen LogP contribution in [0.3, 0.4) is 0 Å². The summed E-state index contributed by atoms with van der Waals surface area (Å²) in [5, 5.41) is 3.11. The summed E-state index contributed by atoms with van der Waals surface area (Å²) in [6.07, 6.45) is 10.0. The molecular weight excluding hydrogens is 318 g/mol. The van der Waals surface area contributed by atoms with Crippen LogP contribution < -0.4 is 5.32 Å². The van der Waals surface area contributed by atoms with Gasteiger partial charge in [0.15, 0.2) is 0 Å². The van der Waals surface area contributed by atoms with Crippen LogP contribution in [0.15, 0.2) is 53.7 Å². The number of urea groups is 1. The van der Waals surface area contributed by atoms with Crippen LogP contribution in [0.1, 0.15) is 37.3 Å². The van der Waals surface area contributed by atoms with Gasteiger partial charge in [-0.1, -0.05) is 25.0 Å². The molecule has 2 heterocycles. The minimum absolute atomic E-state index is 0.0137. The first-order chi connectivity index (χ1) is 11.8. The van der Waals surface area contributed by atoms with Gasteiger partial charge in [0.25, 0.3) is 0 Å². The zero-order valence-corrected chi connectivity index (χ0v) is 14.8. The smallest absolute Gasteiger partial charge is 0.317 e. The summed E-state index contributed by atoms with van der Waals surface area (Å²) in [5.74, 6) is 0. The van der Waals surface area contributed by atoms with E-state index in [2.05, 4.69) is 10.3 Å². The number of thioether (sulfide) groups is 1. The summed E-state index contributed by atoms with van der Waals surface area (Å²) in [6.45, 7) is 0.792. The van der Waals surface area contributed by atoms with E-state index in [1.54, 1.807) is 24.2 Å². The number of para-hydroxylation sites is 1. The molecule has 1 N–H and O–H groups in total. The Morgan fingerprint density at radius 2 is 1.96 bits per heavy atom. The number of carbonyl (C=O) groups excluding carboxylic acids is 1. The fourth-order valence-electron chi connectivity index (χ4n) is 3.22. The van der Waals surface area contributed by atoms with E-state index in [0.29, 0.717) is 0 Å². The van der Waals surface area contributed by atoms with Crippen molar-refractivity contribution in [2.75, 3.05) is 18.1 Å². The average molecular weight is 341 g/mol. The van der Waals surface area contributed by atoms with Crippen LogP contribution in [-0.4, -0.2) is 28.7 Å². The van der Waals surface area contributed by atoms with Gasteiger partial charge in [0, 0.05) is 23.8 Å². The molecule has 1 unspecified atom stereocenters. The SMILES string of the molecule is CSc1ccccc1NC(=O)N1CCCCCC1c1ccncc1. The molecule has 3 rings (SSSR count). The Labute approximate surface area is 147 Å². The van der Waals surface area contributed by atoms with Gasteiger partial charge in [-0.3, -0.25) is 4.98 Å². The Hall–Kier alpha value is -2.01. The molecule has 0 bridgehead atoms. The standard InChI is InChI=1S/C19H23N3OS/c1-24-18-9-5-4-7-16(18)21-19(23)22-14-6-2-3-8-17(22)15-10-12-20-13-11-15/h4-5,7,9-13,17H,2-3,6,8,14H2,1H3,(H,21,23). The monoisotopic (exact) mass is 341 g/mol. The number of hydrogen-bond donors (Lipinski definition) is 1. The first kappa shape index (κ1) is 16.8. The van der Waals surface area contributed by atoms with Crippen LogP contribution in [0.4, 0.5) is 10.5 Å². The molecule has 2 aromatic rings. The van der Waals surface area contributed by atoms with Crippen LogP contribution in [0.2, 0.25) is 0 Å². The second-order valence-corrected chi connectivity index (χ2v) is 6.82. The molecule has 1 aliphatic rings. The Morgan fingerprint density at radius 3 is 2.75 bits per heavy atom. The van der Waals surface area contributed by atoms with Crippen molar-refractivity contribution in [1.29, 1.82) is 0 Å². The van der Waals surface area contributed by atoms with E-state index < -0.39 is 0 Å². The van der Waals surface area contributed by atoms with Crippen molar-refractivity contribution >= 4 is 23.5 Å². The minimum Gasteiger partial charge on any atom is -0.317 e. The molecular formula is C19H23N3OS. The van der Waals surface area contributed by atoms with E-state index in [4.69, 9.17) is 0 Å². The molecule has 0 spiro atoms. The Balaban J connectivity index is 1.82. The molecule has 1 aromatic carbocycles. The lowest BCUT2D eigenvalue weighted by molar-refractivity contribution is 0.189. The maximum Gasteiger partial charge on any atom is 0.322 e. The van der Waals surface area contributed by atoms with Crippen molar-refractivity contribution in [1.82, 2.24) is 9.88 Å². The first-order valence-electron chi connectivity index (χ1n) is 8.40. The molecule has 1 saturated heterocycles. The summed E-state index contributed by atoms with van der Waals surface area (Å²) < 4.78 is 0. The molecule has 1 fully saturated rings. The molecule has 24 heavy (non-hydrogen) atoms. The second kappa shape index (κ2) is 8.20. The summed E-state index contributed by atoms with van der Waals surface area (Å²) in [7, 11) is 0. The molecule has 126 valence electrons. The largest absolute Gasteiger partial charge is 0.322 e. The number of hydrogen-bond acceptors (Lipinski definition) is 3. The van der Waals surface area contributed by atoms with E-state index in [-0.39, 0.29) is 12.1 Å². The van der Waals surface area contributed by atoms with Crippen LogP contribution in [0, 0.1) is 0 Å². The maximum absolute atomic E-state index is 13.0. The van der Waals surface area contributed by atoms with Crippen molar-refractivity contribution in [2.24, 2.45) is 0 Å². The zero-order chi connectivity index (χ0) is 16.8. The molecule has 1 atom stereocenters. The predicted octanol–water partition coefficient (Wildman–Crippen LogP) is 4.95. The lowest BCUT2D eigenvalue weighted by Crippen LogP contribution is -2.38. The summed E-state index contributed by atoms with van der Waals surface area (Å²) >= 11 is 1.64. The number of nitrogens with one attached hydrogen (secondary N) is 1. The minimum atomic E-state index is -0.0137. The number of benzene rings is 1. The fraction of sp³-hybridized carbons (Fsp3) is 0.368. The van der Waals surface area contributed by atoms with Gasteiger partial charge >= 0.3 is 6.03 Å². The fourth-order valence-corrected chi connectivity index (χ4v) is 3.77. The van der Waals surface area contributed by atoms with Crippen molar-refractivity contribution in [3.8, 4) is 0 Å². The summed E-state index contributed by atoms with van der Waals surface area (Å²) in [4.78, 5) is 20.1. The molecule has 1 aromatic heterocycles. The highest BCUT2D eigenvalue weighted by molar-refractivity contribution is 7.98. The van der Waals surface area contributed by atoms with Crippen LogP contribution in [-0.2, 0) is 0 Å². The highest BCUT2D eigenvalue weighted by Gasteiger charge is 2.27. The number of anilines is 1. The number of amides is 2. The highest BCUT2D eigenvalue weighted by atomic mass is 32.2. The summed E-state index contributed by atoms with van der Waals surface area (Å²) in [6, 6.07) is 12.1. The summed E-state index contributed by atoms with van der Waals surface area (Å²) in [5.41, 5.74) is 2.05.